The average molecular weight is 550 g/mol. The first kappa shape index (κ1) is 26.5. The maximum atomic E-state index is 14.7. The lowest BCUT2D eigenvalue weighted by Gasteiger charge is -2.18. The molecule has 11 nitrogen and oxygen atoms in total. The molecule has 0 aliphatic carbocycles. The van der Waals surface area contributed by atoms with Gasteiger partial charge in [0.05, 0.1) is 23.6 Å². The van der Waals surface area contributed by atoms with Crippen LogP contribution in [-0.2, 0) is 4.79 Å². The van der Waals surface area contributed by atoms with Gasteiger partial charge in [0.15, 0.2) is 16.4 Å². The number of aromatic nitrogens is 6. The van der Waals surface area contributed by atoms with Gasteiger partial charge in [0.2, 0.25) is 5.95 Å². The minimum atomic E-state index is -5.08. The normalized spacial score (nSPS) is 12.3. The minimum Gasteiger partial charge on any atom is -0.475 e. The van der Waals surface area contributed by atoms with Gasteiger partial charge in [-0.15, -0.1) is 11.3 Å². The van der Waals surface area contributed by atoms with Gasteiger partial charge in [-0.3, -0.25) is 9.20 Å². The van der Waals surface area contributed by atoms with E-state index < -0.39 is 24.0 Å². The summed E-state index contributed by atoms with van der Waals surface area (Å²) >= 11 is 1.35. The third-order valence-electron chi connectivity index (χ3n) is 5.22. The zero-order valence-electron chi connectivity index (χ0n) is 19.5. The molecule has 1 aromatic carbocycles. The van der Waals surface area contributed by atoms with Gasteiger partial charge in [0.1, 0.15) is 11.3 Å². The van der Waals surface area contributed by atoms with Crippen LogP contribution < -0.4 is 16.6 Å². The molecule has 0 aliphatic heterocycles. The number of thiazole rings is 1. The quantitative estimate of drug-likeness (QED) is 0.243. The summed E-state index contributed by atoms with van der Waals surface area (Å²) in [7, 11) is 0. The Kier molecular flexibility index (Phi) is 6.99. The molecule has 38 heavy (non-hydrogen) atoms. The fourth-order valence-electron chi connectivity index (χ4n) is 3.56. The summed E-state index contributed by atoms with van der Waals surface area (Å²) in [5.41, 5.74) is 7.99. The second kappa shape index (κ2) is 10.0. The molecule has 0 aliphatic rings. The molecule has 1 unspecified atom stereocenters. The number of fused-ring (bicyclic) bond motifs is 2. The second-order valence-corrected chi connectivity index (χ2v) is 8.69. The Morgan fingerprint density at radius 2 is 1.92 bits per heavy atom. The maximum absolute atomic E-state index is 14.7. The molecule has 4 aromatic heterocycles. The Labute approximate surface area is 214 Å². The molecule has 16 heteroatoms. The van der Waals surface area contributed by atoms with Crippen molar-refractivity contribution in [2.24, 2.45) is 0 Å². The van der Waals surface area contributed by atoms with E-state index in [0.717, 1.165) is 5.69 Å². The molecule has 198 valence electrons. The fourth-order valence-corrected chi connectivity index (χ4v) is 4.42. The van der Waals surface area contributed by atoms with Crippen LogP contribution in [0.3, 0.4) is 0 Å². The molecule has 4 heterocycles. The number of H-pyrrole nitrogens is 1. The van der Waals surface area contributed by atoms with Gasteiger partial charge in [-0.25, -0.2) is 19.2 Å². The molecular formula is C22H18F4N8O3S. The Balaban J connectivity index is 0.000000426. The molecule has 0 fully saturated rings. The smallest absolute Gasteiger partial charge is 0.475 e. The largest absolute Gasteiger partial charge is 0.490 e. The van der Waals surface area contributed by atoms with Crippen molar-refractivity contribution in [3.63, 3.8) is 0 Å². The number of carboxylic acid groups (broad SMARTS) is 1. The second-order valence-electron chi connectivity index (χ2n) is 7.85. The molecule has 1 atom stereocenters. The Bertz CT molecular complexity index is 1710. The van der Waals surface area contributed by atoms with Crippen LogP contribution >= 0.6 is 11.3 Å². The number of benzene rings is 1. The van der Waals surface area contributed by atoms with Gasteiger partial charge in [-0.2, -0.15) is 23.1 Å². The van der Waals surface area contributed by atoms with E-state index in [2.05, 4.69) is 25.3 Å². The van der Waals surface area contributed by atoms with E-state index >= 15 is 0 Å². The molecule has 5 rings (SSSR count). The molecule has 0 saturated carbocycles. The standard InChI is InChI=1S/C20H17FN8OS.C2HF3O2/c1-9-7-31-20-26-14(13(18(30)29(9)20)11-5-3-4-6-12(11)21)10(2)25-17-15-16(24-8-23-15)27-19(22)28-17;3-2(4,5)1(6)7/h3-8,10H,1-2H3,(H4,22,23,24,25,27,28);(H,6,7). The number of aromatic amines is 1. The monoisotopic (exact) mass is 550 g/mol. The summed E-state index contributed by atoms with van der Waals surface area (Å²) in [6, 6.07) is 5.67. The third-order valence-corrected chi connectivity index (χ3v) is 6.16. The van der Waals surface area contributed by atoms with Gasteiger partial charge in [-0.05, 0) is 19.9 Å². The van der Waals surface area contributed by atoms with Gasteiger partial charge in [0.25, 0.3) is 5.56 Å². The van der Waals surface area contributed by atoms with Crippen LogP contribution in [0.15, 0.2) is 40.8 Å². The first-order valence-electron chi connectivity index (χ1n) is 10.7. The Morgan fingerprint density at radius 3 is 2.58 bits per heavy atom. The van der Waals surface area contributed by atoms with Crippen LogP contribution in [0.2, 0.25) is 0 Å². The highest BCUT2D eigenvalue weighted by atomic mass is 32.1. The number of aliphatic carboxylic acids is 1. The van der Waals surface area contributed by atoms with Gasteiger partial charge in [0, 0.05) is 16.6 Å². The summed E-state index contributed by atoms with van der Waals surface area (Å²) in [5.74, 6) is -2.78. The van der Waals surface area contributed by atoms with Gasteiger partial charge < -0.3 is 21.1 Å². The number of imidazole rings is 1. The van der Waals surface area contributed by atoms with Crippen LogP contribution in [0.4, 0.5) is 29.3 Å². The maximum Gasteiger partial charge on any atom is 0.490 e. The number of aryl methyl sites for hydroxylation is 1. The van der Waals surface area contributed by atoms with Gasteiger partial charge in [-0.1, -0.05) is 18.2 Å². The van der Waals surface area contributed by atoms with Crippen molar-refractivity contribution >= 4 is 45.2 Å². The number of carbonyl (C=O) groups is 1. The molecule has 0 radical (unpaired) electrons. The van der Waals surface area contributed by atoms with E-state index in [0.29, 0.717) is 27.6 Å². The number of hydrogen-bond donors (Lipinski definition) is 4. The van der Waals surface area contributed by atoms with Crippen molar-refractivity contribution in [3.8, 4) is 11.1 Å². The number of nitrogens with one attached hydrogen (secondary N) is 2. The summed E-state index contributed by atoms with van der Waals surface area (Å²) in [5, 5.41) is 12.2. The van der Waals surface area contributed by atoms with Crippen LogP contribution in [0.25, 0.3) is 27.3 Å². The van der Waals surface area contributed by atoms with Gasteiger partial charge >= 0.3 is 12.1 Å². The molecule has 0 bridgehead atoms. The van der Waals surface area contributed by atoms with Crippen molar-refractivity contribution in [3.05, 3.63) is 63.5 Å². The lowest BCUT2D eigenvalue weighted by Crippen LogP contribution is -2.23. The number of nitrogens with zero attached hydrogens (tertiary/aromatic N) is 5. The lowest BCUT2D eigenvalue weighted by atomic mass is 10.0. The van der Waals surface area contributed by atoms with Crippen molar-refractivity contribution in [2.75, 3.05) is 11.1 Å². The zero-order valence-corrected chi connectivity index (χ0v) is 20.4. The van der Waals surface area contributed by atoms with E-state index in [1.165, 1.54) is 28.1 Å². The number of nitrogens with two attached hydrogens (primary N) is 1. The molecule has 5 N–H and O–H groups in total. The van der Waals surface area contributed by atoms with E-state index in [1.54, 1.807) is 18.2 Å². The van der Waals surface area contributed by atoms with Crippen LogP contribution in [0, 0.1) is 12.7 Å². The average Bonchev–Trinajstić information content (AvgIpc) is 3.46. The highest BCUT2D eigenvalue weighted by molar-refractivity contribution is 7.15. The SMILES string of the molecule is Cc1csc2nc(C(C)Nc3nc(N)nc4nc[nH]c34)c(-c3ccccc3F)c(=O)n12.O=C(O)C(F)(F)F. The van der Waals surface area contributed by atoms with E-state index in [4.69, 9.17) is 20.6 Å². The van der Waals surface area contributed by atoms with Crippen molar-refractivity contribution in [2.45, 2.75) is 26.1 Å². The lowest BCUT2D eigenvalue weighted by molar-refractivity contribution is -0.192. The molecule has 0 spiro atoms. The molecule has 5 aromatic rings. The van der Waals surface area contributed by atoms with Crippen molar-refractivity contribution in [1.29, 1.82) is 0 Å². The third kappa shape index (κ3) is 5.10. The van der Waals surface area contributed by atoms with E-state index in [-0.39, 0.29) is 22.6 Å². The number of carboxylic acids is 1. The Morgan fingerprint density at radius 1 is 1.24 bits per heavy atom. The number of alkyl halides is 3. The first-order chi connectivity index (χ1) is 17.9. The number of halogens is 4. The minimum absolute atomic E-state index is 0.0565. The number of hydrogen-bond acceptors (Lipinski definition) is 9. The van der Waals surface area contributed by atoms with Crippen LogP contribution in [0.1, 0.15) is 24.4 Å². The molecule has 0 amide bonds. The highest BCUT2D eigenvalue weighted by Crippen LogP contribution is 2.30. The van der Waals surface area contributed by atoms with Crippen molar-refractivity contribution in [1.82, 2.24) is 29.3 Å². The number of nitrogen functional groups attached to an aromatic ring is 1. The van der Waals surface area contributed by atoms with Crippen LogP contribution in [-0.4, -0.2) is 46.6 Å². The van der Waals surface area contributed by atoms with Crippen molar-refractivity contribution < 1.29 is 27.5 Å². The fraction of sp³-hybridized carbons (Fsp3) is 0.182. The Hall–Kier alpha value is -4.60. The zero-order chi connectivity index (χ0) is 27.8. The summed E-state index contributed by atoms with van der Waals surface area (Å²) < 4.78 is 48.0. The molecule has 0 saturated heterocycles. The van der Waals surface area contributed by atoms with E-state index in [1.807, 2.05) is 19.2 Å². The predicted molar refractivity (Wildman–Crippen MR) is 131 cm³/mol. The summed E-state index contributed by atoms with van der Waals surface area (Å²) in [4.78, 5) is 43.0. The number of anilines is 2. The number of rotatable bonds is 4. The predicted octanol–water partition coefficient (Wildman–Crippen LogP) is 3.93. The summed E-state index contributed by atoms with van der Waals surface area (Å²) in [6.45, 7) is 3.64. The van der Waals surface area contributed by atoms with Crippen LogP contribution in [0.5, 0.6) is 0 Å². The highest BCUT2D eigenvalue weighted by Gasteiger charge is 2.38. The first-order valence-corrected chi connectivity index (χ1v) is 11.5. The topological polar surface area (TPSA) is 164 Å². The van der Waals surface area contributed by atoms with E-state index in [9.17, 15) is 22.4 Å². The molecular weight excluding hydrogens is 532 g/mol. The summed E-state index contributed by atoms with van der Waals surface area (Å²) in [6.07, 6.45) is -3.59.